The summed E-state index contributed by atoms with van der Waals surface area (Å²) in [6.07, 6.45) is 2.80. The first kappa shape index (κ1) is 14.3. The van der Waals surface area contributed by atoms with E-state index in [0.29, 0.717) is 18.7 Å². The van der Waals surface area contributed by atoms with E-state index in [1.165, 1.54) is 0 Å². The minimum Gasteiger partial charge on any atom is -0.441 e. The van der Waals surface area contributed by atoms with Crippen molar-refractivity contribution in [1.29, 1.82) is 0 Å². The highest BCUT2D eigenvalue weighted by Crippen LogP contribution is 2.22. The SMILES string of the molecule is Cc1ncc(-c2ccc(NC(=O)CCC(C)N)cc2)o1. The van der Waals surface area contributed by atoms with Gasteiger partial charge >= 0.3 is 0 Å². The third-order valence-electron chi connectivity index (χ3n) is 2.90. The summed E-state index contributed by atoms with van der Waals surface area (Å²) < 4.78 is 5.44. The van der Waals surface area contributed by atoms with Gasteiger partial charge in [-0.15, -0.1) is 0 Å². The molecule has 106 valence electrons. The maximum Gasteiger partial charge on any atom is 0.224 e. The lowest BCUT2D eigenvalue weighted by atomic mass is 10.1. The average molecular weight is 273 g/mol. The van der Waals surface area contributed by atoms with Crippen molar-refractivity contribution in [2.75, 3.05) is 5.32 Å². The number of hydrogen-bond donors (Lipinski definition) is 2. The van der Waals surface area contributed by atoms with Gasteiger partial charge in [0.2, 0.25) is 5.91 Å². The number of carbonyl (C=O) groups excluding carboxylic acids is 1. The molecule has 5 heteroatoms. The van der Waals surface area contributed by atoms with Gasteiger partial charge in [0.05, 0.1) is 6.20 Å². The number of nitrogens with zero attached hydrogens (tertiary/aromatic N) is 1. The molecule has 1 atom stereocenters. The van der Waals surface area contributed by atoms with Gasteiger partial charge < -0.3 is 15.5 Å². The number of anilines is 1. The van der Waals surface area contributed by atoms with Crippen LogP contribution < -0.4 is 11.1 Å². The van der Waals surface area contributed by atoms with Gasteiger partial charge in [0.15, 0.2) is 11.7 Å². The number of amides is 1. The normalized spacial score (nSPS) is 12.2. The highest BCUT2D eigenvalue weighted by molar-refractivity contribution is 5.90. The summed E-state index contributed by atoms with van der Waals surface area (Å²) in [5.74, 6) is 1.33. The first-order valence-corrected chi connectivity index (χ1v) is 6.63. The molecule has 1 amide bonds. The van der Waals surface area contributed by atoms with Gasteiger partial charge in [0.1, 0.15) is 0 Å². The fraction of sp³-hybridized carbons (Fsp3) is 0.333. The zero-order valence-electron chi connectivity index (χ0n) is 11.7. The lowest BCUT2D eigenvalue weighted by Gasteiger charge is -2.07. The minimum absolute atomic E-state index is 0.0226. The van der Waals surface area contributed by atoms with E-state index >= 15 is 0 Å². The summed E-state index contributed by atoms with van der Waals surface area (Å²) in [4.78, 5) is 15.7. The second-order valence-corrected chi connectivity index (χ2v) is 4.89. The summed E-state index contributed by atoms with van der Waals surface area (Å²) >= 11 is 0. The molecule has 0 aliphatic carbocycles. The highest BCUT2D eigenvalue weighted by atomic mass is 16.4. The van der Waals surface area contributed by atoms with Gasteiger partial charge in [0, 0.05) is 30.6 Å². The van der Waals surface area contributed by atoms with E-state index in [1.54, 1.807) is 13.1 Å². The van der Waals surface area contributed by atoms with Gasteiger partial charge in [-0.3, -0.25) is 4.79 Å². The standard InChI is InChI=1S/C15H19N3O2/c1-10(16)3-8-15(19)18-13-6-4-12(5-7-13)14-9-17-11(2)20-14/h4-7,9-10H,3,8,16H2,1-2H3,(H,18,19). The second-order valence-electron chi connectivity index (χ2n) is 4.89. The largest absolute Gasteiger partial charge is 0.441 e. The number of aromatic nitrogens is 1. The van der Waals surface area contributed by atoms with E-state index in [2.05, 4.69) is 10.3 Å². The molecule has 5 nitrogen and oxygen atoms in total. The van der Waals surface area contributed by atoms with Crippen LogP contribution >= 0.6 is 0 Å². The molecule has 1 aromatic heterocycles. The molecule has 0 spiro atoms. The second kappa shape index (κ2) is 6.34. The van der Waals surface area contributed by atoms with E-state index in [0.717, 1.165) is 17.0 Å². The Morgan fingerprint density at radius 2 is 2.10 bits per heavy atom. The van der Waals surface area contributed by atoms with Crippen LogP contribution in [0.5, 0.6) is 0 Å². The number of rotatable bonds is 5. The summed E-state index contributed by atoms with van der Waals surface area (Å²) in [5, 5.41) is 2.84. The smallest absolute Gasteiger partial charge is 0.224 e. The molecule has 20 heavy (non-hydrogen) atoms. The lowest BCUT2D eigenvalue weighted by Crippen LogP contribution is -2.19. The zero-order valence-corrected chi connectivity index (χ0v) is 11.7. The van der Waals surface area contributed by atoms with Crippen LogP contribution in [0, 0.1) is 6.92 Å². The van der Waals surface area contributed by atoms with Crippen LogP contribution in [0.2, 0.25) is 0 Å². The first-order chi connectivity index (χ1) is 9.54. The molecule has 1 heterocycles. The molecule has 0 aliphatic rings. The van der Waals surface area contributed by atoms with Gasteiger partial charge in [-0.05, 0) is 37.6 Å². The number of benzene rings is 1. The molecule has 1 unspecified atom stereocenters. The third-order valence-corrected chi connectivity index (χ3v) is 2.90. The Morgan fingerprint density at radius 3 is 2.65 bits per heavy atom. The fourth-order valence-corrected chi connectivity index (χ4v) is 1.79. The fourth-order valence-electron chi connectivity index (χ4n) is 1.79. The Kier molecular flexibility index (Phi) is 4.53. The first-order valence-electron chi connectivity index (χ1n) is 6.63. The molecule has 0 aliphatic heterocycles. The van der Waals surface area contributed by atoms with Crippen molar-refractivity contribution in [3.8, 4) is 11.3 Å². The van der Waals surface area contributed by atoms with Crippen LogP contribution in [0.3, 0.4) is 0 Å². The summed E-state index contributed by atoms with van der Waals surface area (Å²) in [7, 11) is 0. The summed E-state index contributed by atoms with van der Waals surface area (Å²) in [6, 6.07) is 7.51. The van der Waals surface area contributed by atoms with E-state index in [4.69, 9.17) is 10.2 Å². The number of nitrogens with two attached hydrogens (primary N) is 1. The number of carbonyl (C=O) groups is 1. The number of aryl methyl sites for hydroxylation is 1. The topological polar surface area (TPSA) is 81.2 Å². The lowest BCUT2D eigenvalue weighted by molar-refractivity contribution is -0.116. The summed E-state index contributed by atoms with van der Waals surface area (Å²) in [5.41, 5.74) is 7.32. The van der Waals surface area contributed by atoms with E-state index in [1.807, 2.05) is 31.2 Å². The quantitative estimate of drug-likeness (QED) is 0.877. The minimum atomic E-state index is -0.0226. The Bertz CT molecular complexity index is 573. The van der Waals surface area contributed by atoms with Crippen molar-refractivity contribution in [2.24, 2.45) is 5.73 Å². The third kappa shape index (κ3) is 3.93. The number of nitrogens with one attached hydrogen (secondary N) is 1. The molecular weight excluding hydrogens is 254 g/mol. The van der Waals surface area contributed by atoms with Crippen molar-refractivity contribution in [3.05, 3.63) is 36.4 Å². The molecule has 0 radical (unpaired) electrons. The van der Waals surface area contributed by atoms with Crippen LogP contribution in [0.15, 0.2) is 34.9 Å². The molecule has 3 N–H and O–H groups in total. The maximum atomic E-state index is 11.7. The van der Waals surface area contributed by atoms with Crippen LogP contribution in [0.1, 0.15) is 25.7 Å². The van der Waals surface area contributed by atoms with E-state index in [9.17, 15) is 4.79 Å². The van der Waals surface area contributed by atoms with Crippen molar-refractivity contribution >= 4 is 11.6 Å². The van der Waals surface area contributed by atoms with Crippen LogP contribution in [-0.4, -0.2) is 16.9 Å². The molecular formula is C15H19N3O2. The monoisotopic (exact) mass is 273 g/mol. The van der Waals surface area contributed by atoms with Crippen LogP contribution in [-0.2, 0) is 4.79 Å². The van der Waals surface area contributed by atoms with Gasteiger partial charge in [-0.1, -0.05) is 0 Å². The van der Waals surface area contributed by atoms with Gasteiger partial charge in [0.25, 0.3) is 0 Å². The molecule has 1 aromatic carbocycles. The van der Waals surface area contributed by atoms with Crippen molar-refractivity contribution in [2.45, 2.75) is 32.7 Å². The summed E-state index contributed by atoms with van der Waals surface area (Å²) in [6.45, 7) is 3.69. The predicted octanol–water partition coefficient (Wildman–Crippen LogP) is 2.72. The molecule has 2 aromatic rings. The van der Waals surface area contributed by atoms with Crippen molar-refractivity contribution in [3.63, 3.8) is 0 Å². The Morgan fingerprint density at radius 1 is 1.40 bits per heavy atom. The van der Waals surface area contributed by atoms with E-state index < -0.39 is 0 Å². The Balaban J connectivity index is 1.96. The van der Waals surface area contributed by atoms with Gasteiger partial charge in [-0.25, -0.2) is 4.98 Å². The van der Waals surface area contributed by atoms with Crippen LogP contribution in [0.4, 0.5) is 5.69 Å². The Hall–Kier alpha value is -2.14. The number of oxazole rings is 1. The zero-order chi connectivity index (χ0) is 14.5. The van der Waals surface area contributed by atoms with Crippen LogP contribution in [0.25, 0.3) is 11.3 Å². The van der Waals surface area contributed by atoms with Crippen molar-refractivity contribution < 1.29 is 9.21 Å². The molecule has 0 fully saturated rings. The van der Waals surface area contributed by atoms with E-state index in [-0.39, 0.29) is 11.9 Å². The predicted molar refractivity (Wildman–Crippen MR) is 78.2 cm³/mol. The average Bonchev–Trinajstić information content (AvgIpc) is 2.84. The molecule has 0 bridgehead atoms. The molecule has 2 rings (SSSR count). The highest BCUT2D eigenvalue weighted by Gasteiger charge is 2.06. The van der Waals surface area contributed by atoms with Gasteiger partial charge in [-0.2, -0.15) is 0 Å². The molecule has 0 saturated heterocycles. The van der Waals surface area contributed by atoms with Crippen molar-refractivity contribution in [1.82, 2.24) is 4.98 Å². The Labute approximate surface area is 118 Å². The number of hydrogen-bond acceptors (Lipinski definition) is 4. The molecule has 0 saturated carbocycles. The maximum absolute atomic E-state index is 11.7.